The zero-order valence-electron chi connectivity index (χ0n) is 9.83. The third-order valence-corrected chi connectivity index (χ3v) is 2.90. The molecule has 1 aromatic carbocycles. The first-order valence-electron chi connectivity index (χ1n) is 5.41. The maximum atomic E-state index is 10.8. The summed E-state index contributed by atoms with van der Waals surface area (Å²) in [6.07, 6.45) is 1.79. The lowest BCUT2D eigenvalue weighted by molar-refractivity contribution is -0.385. The van der Waals surface area contributed by atoms with E-state index in [-0.39, 0.29) is 10.6 Å². The Labute approximate surface area is 104 Å². The van der Waals surface area contributed by atoms with Gasteiger partial charge in [0, 0.05) is 24.4 Å². The van der Waals surface area contributed by atoms with Gasteiger partial charge in [-0.15, -0.1) is 0 Å². The normalized spacial score (nSPS) is 10.0. The summed E-state index contributed by atoms with van der Waals surface area (Å²) in [5.41, 5.74) is 2.14. The minimum Gasteiger partial charge on any atom is -0.335 e. The van der Waals surface area contributed by atoms with Crippen molar-refractivity contribution in [1.82, 2.24) is 4.57 Å². The molecule has 0 aliphatic rings. The largest absolute Gasteiger partial charge is 0.335 e. The Morgan fingerprint density at radius 2 is 2.17 bits per heavy atom. The Morgan fingerprint density at radius 1 is 1.39 bits per heavy atom. The fourth-order valence-corrected chi connectivity index (χ4v) is 1.88. The highest BCUT2D eigenvalue weighted by atomic mass is 16.6. The molecule has 2 aromatic rings. The summed E-state index contributed by atoms with van der Waals surface area (Å²) in [7, 11) is 0. The van der Waals surface area contributed by atoms with Gasteiger partial charge in [-0.1, -0.05) is 12.1 Å². The minimum atomic E-state index is -0.389. The van der Waals surface area contributed by atoms with Crippen molar-refractivity contribution in [3.05, 3.63) is 63.5 Å². The predicted octanol–water partition coefficient (Wildman–Crippen LogP) is 2.62. The zero-order valence-corrected chi connectivity index (χ0v) is 9.83. The zero-order chi connectivity index (χ0) is 13.1. The number of aromatic nitrogens is 1. The number of hydrogen-bond donors (Lipinski definition) is 0. The summed E-state index contributed by atoms with van der Waals surface area (Å²) in [6, 6.07) is 10.6. The summed E-state index contributed by atoms with van der Waals surface area (Å²) in [6.45, 7) is 2.19. The maximum absolute atomic E-state index is 10.8. The van der Waals surface area contributed by atoms with Gasteiger partial charge in [-0.25, -0.2) is 0 Å². The van der Waals surface area contributed by atoms with Crippen LogP contribution in [0.5, 0.6) is 0 Å². The number of hydrogen-bond acceptors (Lipinski definition) is 3. The van der Waals surface area contributed by atoms with Crippen molar-refractivity contribution in [3.8, 4) is 6.07 Å². The van der Waals surface area contributed by atoms with E-state index < -0.39 is 0 Å². The smallest absolute Gasteiger partial charge is 0.272 e. The van der Waals surface area contributed by atoms with Gasteiger partial charge in [-0.05, 0) is 24.6 Å². The van der Waals surface area contributed by atoms with Crippen LogP contribution in [0.15, 0.2) is 36.5 Å². The van der Waals surface area contributed by atoms with E-state index in [4.69, 9.17) is 5.26 Å². The van der Waals surface area contributed by atoms with Crippen LogP contribution in [0.2, 0.25) is 0 Å². The van der Waals surface area contributed by atoms with Crippen LogP contribution >= 0.6 is 0 Å². The summed E-state index contributed by atoms with van der Waals surface area (Å²) >= 11 is 0. The lowest BCUT2D eigenvalue weighted by Gasteiger charge is -2.08. The predicted molar refractivity (Wildman–Crippen MR) is 66.1 cm³/mol. The summed E-state index contributed by atoms with van der Waals surface area (Å²) < 4.78 is 1.77. The number of nitrogens with zero attached hydrogens (tertiary/aromatic N) is 3. The van der Waals surface area contributed by atoms with Gasteiger partial charge in [0.05, 0.1) is 4.92 Å². The Balaban J connectivity index is 2.39. The third kappa shape index (κ3) is 2.09. The van der Waals surface area contributed by atoms with E-state index in [0.717, 1.165) is 5.56 Å². The second-order valence-corrected chi connectivity index (χ2v) is 3.95. The van der Waals surface area contributed by atoms with Gasteiger partial charge in [-0.2, -0.15) is 5.26 Å². The van der Waals surface area contributed by atoms with Crippen molar-refractivity contribution in [1.29, 1.82) is 5.26 Å². The second-order valence-electron chi connectivity index (χ2n) is 3.95. The van der Waals surface area contributed by atoms with E-state index >= 15 is 0 Å². The van der Waals surface area contributed by atoms with Gasteiger partial charge < -0.3 is 4.57 Å². The van der Waals surface area contributed by atoms with Crippen molar-refractivity contribution in [3.63, 3.8) is 0 Å². The molecule has 1 aromatic heterocycles. The van der Waals surface area contributed by atoms with Gasteiger partial charge in [0.2, 0.25) is 0 Å². The van der Waals surface area contributed by atoms with Crippen molar-refractivity contribution in [2.45, 2.75) is 13.5 Å². The molecule has 0 aliphatic heterocycles. The molecular weight excluding hydrogens is 230 g/mol. The lowest BCUT2D eigenvalue weighted by Crippen LogP contribution is -2.04. The third-order valence-electron chi connectivity index (χ3n) is 2.90. The van der Waals surface area contributed by atoms with Crippen LogP contribution in [-0.4, -0.2) is 9.49 Å². The first kappa shape index (κ1) is 11.9. The molecule has 0 atom stereocenters. The average molecular weight is 241 g/mol. The molecule has 0 amide bonds. The molecule has 90 valence electrons. The van der Waals surface area contributed by atoms with Crippen molar-refractivity contribution in [2.75, 3.05) is 0 Å². The number of nitro groups is 1. The molecule has 0 fully saturated rings. The number of rotatable bonds is 3. The van der Waals surface area contributed by atoms with Crippen molar-refractivity contribution in [2.24, 2.45) is 0 Å². The molecule has 0 saturated heterocycles. The van der Waals surface area contributed by atoms with Gasteiger partial charge in [-0.3, -0.25) is 10.1 Å². The molecule has 0 aliphatic carbocycles. The van der Waals surface area contributed by atoms with Crippen LogP contribution in [0.25, 0.3) is 0 Å². The average Bonchev–Trinajstić information content (AvgIpc) is 2.78. The fourth-order valence-electron chi connectivity index (χ4n) is 1.88. The van der Waals surface area contributed by atoms with Crippen molar-refractivity contribution < 1.29 is 4.92 Å². The standard InChI is InChI=1S/C13H11N3O2/c1-10-11(4-2-6-13(10)16(17)18)9-15-7-3-5-12(15)8-14/h2-7H,9H2,1H3. The summed E-state index contributed by atoms with van der Waals surface area (Å²) in [5.74, 6) is 0. The van der Waals surface area contributed by atoms with Crippen LogP contribution in [-0.2, 0) is 6.54 Å². The number of benzene rings is 1. The summed E-state index contributed by atoms with van der Waals surface area (Å²) in [4.78, 5) is 10.5. The van der Waals surface area contributed by atoms with Crippen LogP contribution < -0.4 is 0 Å². The van der Waals surface area contributed by atoms with Crippen LogP contribution in [0.1, 0.15) is 16.8 Å². The first-order chi connectivity index (χ1) is 8.63. The molecule has 18 heavy (non-hydrogen) atoms. The molecular formula is C13H11N3O2. The molecule has 0 N–H and O–H groups in total. The molecule has 1 heterocycles. The molecule has 0 saturated carbocycles. The Morgan fingerprint density at radius 3 is 2.83 bits per heavy atom. The van der Waals surface area contributed by atoms with Gasteiger partial charge >= 0.3 is 0 Å². The number of nitriles is 1. The molecule has 5 nitrogen and oxygen atoms in total. The van der Waals surface area contributed by atoms with Gasteiger partial charge in [0.1, 0.15) is 11.8 Å². The molecule has 0 bridgehead atoms. The fraction of sp³-hybridized carbons (Fsp3) is 0.154. The Hall–Kier alpha value is -2.61. The molecule has 0 unspecified atom stereocenters. The molecule has 0 radical (unpaired) electrons. The maximum Gasteiger partial charge on any atom is 0.272 e. The monoisotopic (exact) mass is 241 g/mol. The van der Waals surface area contributed by atoms with E-state index in [1.165, 1.54) is 6.07 Å². The molecule has 5 heteroatoms. The first-order valence-corrected chi connectivity index (χ1v) is 5.41. The topological polar surface area (TPSA) is 71.9 Å². The lowest BCUT2D eigenvalue weighted by atomic mass is 10.1. The number of nitro benzene ring substituents is 1. The summed E-state index contributed by atoms with van der Waals surface area (Å²) in [5, 5.41) is 19.8. The Bertz CT molecular complexity index is 638. The van der Waals surface area contributed by atoms with E-state index in [9.17, 15) is 10.1 Å². The van der Waals surface area contributed by atoms with Crippen molar-refractivity contribution >= 4 is 5.69 Å². The highest BCUT2D eigenvalue weighted by molar-refractivity contribution is 5.44. The van der Waals surface area contributed by atoms with Crippen LogP contribution in [0.4, 0.5) is 5.69 Å². The minimum absolute atomic E-state index is 0.109. The van der Waals surface area contributed by atoms with Crippen LogP contribution in [0.3, 0.4) is 0 Å². The Kier molecular flexibility index (Phi) is 3.11. The van der Waals surface area contributed by atoms with Gasteiger partial charge in [0.15, 0.2) is 0 Å². The van der Waals surface area contributed by atoms with E-state index in [2.05, 4.69) is 6.07 Å². The van der Waals surface area contributed by atoms with E-state index in [0.29, 0.717) is 17.8 Å². The SMILES string of the molecule is Cc1c(Cn2cccc2C#N)cccc1[N+](=O)[O-]. The van der Waals surface area contributed by atoms with E-state index in [1.54, 1.807) is 35.9 Å². The highest BCUT2D eigenvalue weighted by Crippen LogP contribution is 2.22. The van der Waals surface area contributed by atoms with E-state index in [1.807, 2.05) is 6.07 Å². The highest BCUT2D eigenvalue weighted by Gasteiger charge is 2.13. The van der Waals surface area contributed by atoms with Crippen LogP contribution in [0, 0.1) is 28.4 Å². The second kappa shape index (κ2) is 4.72. The molecule has 0 spiro atoms. The van der Waals surface area contributed by atoms with Gasteiger partial charge in [0.25, 0.3) is 5.69 Å². The quantitative estimate of drug-likeness (QED) is 0.612. The molecule has 2 rings (SSSR count).